The fourth-order valence-electron chi connectivity index (χ4n) is 13.9. The van der Waals surface area contributed by atoms with Crippen molar-refractivity contribution in [2.24, 2.45) is 23.7 Å². The molecule has 5 aromatic carbocycles. The van der Waals surface area contributed by atoms with Crippen molar-refractivity contribution in [1.29, 1.82) is 0 Å². The Bertz CT molecular complexity index is 2340. The highest BCUT2D eigenvalue weighted by molar-refractivity contribution is 5.95. The molecule has 4 saturated carbocycles. The summed E-state index contributed by atoms with van der Waals surface area (Å²) in [5, 5.41) is 0. The zero-order valence-electron chi connectivity index (χ0n) is 35.2. The molecule has 4 bridgehead atoms. The maximum absolute atomic E-state index is 2.74. The Hall–Kier alpha value is -4.10. The number of hydrogen-bond donors (Lipinski definition) is 0. The summed E-state index contributed by atoms with van der Waals surface area (Å²) in [7, 11) is 0. The van der Waals surface area contributed by atoms with E-state index in [2.05, 4.69) is 163 Å². The molecule has 5 unspecified atom stereocenters. The van der Waals surface area contributed by atoms with Gasteiger partial charge in [0.05, 0.1) is 5.69 Å². The van der Waals surface area contributed by atoms with Crippen LogP contribution in [0.3, 0.4) is 0 Å². The molecule has 7 aliphatic carbocycles. The molecule has 5 atom stereocenters. The Labute approximate surface area is 337 Å². The van der Waals surface area contributed by atoms with Crippen LogP contribution in [0.5, 0.6) is 0 Å². The van der Waals surface area contributed by atoms with Gasteiger partial charge >= 0.3 is 0 Å². The zero-order valence-corrected chi connectivity index (χ0v) is 35.2. The zero-order chi connectivity index (χ0) is 38.6. The predicted molar refractivity (Wildman–Crippen MR) is 236 cm³/mol. The minimum absolute atomic E-state index is 0.113. The monoisotopic (exact) mass is 735 g/mol. The molecule has 5 aromatic rings. The minimum atomic E-state index is 0.113. The Morgan fingerprint density at radius 3 is 1.62 bits per heavy atom. The van der Waals surface area contributed by atoms with Gasteiger partial charge in [0.2, 0.25) is 0 Å². The topological polar surface area (TPSA) is 3.24 Å². The first-order valence-corrected chi connectivity index (χ1v) is 22.1. The molecule has 1 spiro atoms. The quantitative estimate of drug-likeness (QED) is 0.178. The summed E-state index contributed by atoms with van der Waals surface area (Å²) in [6, 6.07) is 41.5. The molecule has 7 aliphatic rings. The van der Waals surface area contributed by atoms with E-state index in [0.717, 1.165) is 23.7 Å². The lowest BCUT2D eigenvalue weighted by Crippen LogP contribution is -2.40. The van der Waals surface area contributed by atoms with Crippen molar-refractivity contribution in [2.45, 2.75) is 134 Å². The van der Waals surface area contributed by atoms with Crippen LogP contribution in [0.25, 0.3) is 22.3 Å². The Morgan fingerprint density at radius 2 is 1.02 bits per heavy atom. The van der Waals surface area contributed by atoms with Gasteiger partial charge in [-0.3, -0.25) is 0 Å². The average molecular weight is 736 g/mol. The van der Waals surface area contributed by atoms with Gasteiger partial charge in [-0.2, -0.15) is 0 Å². The summed E-state index contributed by atoms with van der Waals surface area (Å²) >= 11 is 0. The third-order valence-electron chi connectivity index (χ3n) is 17.0. The summed E-state index contributed by atoms with van der Waals surface area (Å²) < 4.78 is 0. The molecule has 0 amide bonds. The van der Waals surface area contributed by atoms with Crippen molar-refractivity contribution in [1.82, 2.24) is 0 Å². The summed E-state index contributed by atoms with van der Waals surface area (Å²) in [6.45, 7) is 19.8. The van der Waals surface area contributed by atoms with Crippen molar-refractivity contribution in [3.63, 3.8) is 0 Å². The Morgan fingerprint density at radius 1 is 0.446 bits per heavy atom. The minimum Gasteiger partial charge on any atom is -0.310 e. The van der Waals surface area contributed by atoms with Crippen LogP contribution in [0.15, 0.2) is 103 Å². The van der Waals surface area contributed by atoms with Crippen molar-refractivity contribution < 1.29 is 0 Å². The molecular weight excluding hydrogens is 675 g/mol. The number of benzene rings is 5. The lowest BCUT2D eigenvalue weighted by atomic mass is 9.59. The summed E-state index contributed by atoms with van der Waals surface area (Å²) in [6.07, 6.45) is 10.5. The molecule has 286 valence electrons. The van der Waals surface area contributed by atoms with Crippen LogP contribution in [0, 0.1) is 23.7 Å². The number of anilines is 3. The first kappa shape index (κ1) is 35.1. The second kappa shape index (κ2) is 11.5. The maximum Gasteiger partial charge on any atom is 0.0543 e. The van der Waals surface area contributed by atoms with Crippen molar-refractivity contribution in [2.75, 3.05) is 4.90 Å². The third kappa shape index (κ3) is 4.73. The first-order chi connectivity index (χ1) is 26.7. The molecule has 0 heterocycles. The van der Waals surface area contributed by atoms with Crippen LogP contribution in [0.4, 0.5) is 17.1 Å². The van der Waals surface area contributed by atoms with E-state index in [1.807, 2.05) is 0 Å². The van der Waals surface area contributed by atoms with Gasteiger partial charge in [-0.05, 0) is 183 Å². The molecule has 56 heavy (non-hydrogen) atoms. The summed E-state index contributed by atoms with van der Waals surface area (Å²) in [4.78, 5) is 2.71. The largest absolute Gasteiger partial charge is 0.310 e. The second-order valence-corrected chi connectivity index (χ2v) is 21.9. The van der Waals surface area contributed by atoms with Gasteiger partial charge in [0.15, 0.2) is 0 Å². The normalized spacial score (nSPS) is 28.8. The smallest absolute Gasteiger partial charge is 0.0543 e. The molecule has 1 nitrogen and oxygen atoms in total. The molecule has 0 N–H and O–H groups in total. The number of rotatable bonds is 4. The van der Waals surface area contributed by atoms with Gasteiger partial charge in [-0.15, -0.1) is 0 Å². The highest BCUT2D eigenvalue weighted by Gasteiger charge is 2.66. The molecular formula is C55H61N. The standard InChI is InChI=1S/C55H61N/c1-51(2)22-24-53(5,6)48-30-38(18-20-44(48)51)56(39-19-21-45-49(31-39)54(7,8)25-23-52(45,3)4)50-33-47-42(32-41(50)35-14-10-9-11-15-35)40-16-12-13-17-43(40)55(47)37-27-34-26-36(29-37)46(55)28-34/h9-21,30-34,36-37,46H,22-29H2,1-8H3. The fourth-order valence-corrected chi connectivity index (χ4v) is 13.9. The predicted octanol–water partition coefficient (Wildman–Crippen LogP) is 14.9. The number of nitrogens with zero attached hydrogens (tertiary/aromatic N) is 1. The number of fused-ring (bicyclic) bond motifs is 5. The van der Waals surface area contributed by atoms with E-state index in [4.69, 9.17) is 0 Å². The van der Waals surface area contributed by atoms with E-state index in [-0.39, 0.29) is 27.1 Å². The van der Waals surface area contributed by atoms with E-state index in [0.29, 0.717) is 0 Å². The van der Waals surface area contributed by atoms with Crippen molar-refractivity contribution in [3.05, 3.63) is 137 Å². The van der Waals surface area contributed by atoms with Crippen LogP contribution in [0.1, 0.15) is 140 Å². The molecule has 0 aromatic heterocycles. The van der Waals surface area contributed by atoms with Gasteiger partial charge in [0.25, 0.3) is 0 Å². The molecule has 0 radical (unpaired) electrons. The van der Waals surface area contributed by atoms with Crippen LogP contribution < -0.4 is 4.90 Å². The van der Waals surface area contributed by atoms with Gasteiger partial charge in [0.1, 0.15) is 0 Å². The average Bonchev–Trinajstić information content (AvgIpc) is 3.72. The van der Waals surface area contributed by atoms with Gasteiger partial charge in [-0.1, -0.05) is 122 Å². The molecule has 4 fully saturated rings. The lowest BCUT2D eigenvalue weighted by Gasteiger charge is -2.45. The summed E-state index contributed by atoms with van der Waals surface area (Å²) in [5.74, 6) is 3.27. The molecule has 0 saturated heterocycles. The molecule has 0 aliphatic heterocycles. The molecule has 12 rings (SSSR count). The second-order valence-electron chi connectivity index (χ2n) is 21.9. The van der Waals surface area contributed by atoms with Crippen molar-refractivity contribution in [3.8, 4) is 22.3 Å². The van der Waals surface area contributed by atoms with Gasteiger partial charge < -0.3 is 4.90 Å². The van der Waals surface area contributed by atoms with Gasteiger partial charge in [-0.25, -0.2) is 0 Å². The first-order valence-electron chi connectivity index (χ1n) is 22.1. The Balaban J connectivity index is 1.22. The van der Waals surface area contributed by atoms with E-state index in [1.165, 1.54) is 113 Å². The fraction of sp³-hybridized carbons (Fsp3) is 0.455. The van der Waals surface area contributed by atoms with Crippen LogP contribution >= 0.6 is 0 Å². The van der Waals surface area contributed by atoms with Crippen LogP contribution in [-0.2, 0) is 27.1 Å². The summed E-state index contributed by atoms with van der Waals surface area (Å²) in [5.41, 5.74) is 19.5. The highest BCUT2D eigenvalue weighted by atomic mass is 15.1. The third-order valence-corrected chi connectivity index (χ3v) is 17.0. The van der Waals surface area contributed by atoms with E-state index < -0.39 is 0 Å². The van der Waals surface area contributed by atoms with Crippen molar-refractivity contribution >= 4 is 17.1 Å². The lowest BCUT2D eigenvalue weighted by molar-refractivity contribution is 0.191. The van der Waals surface area contributed by atoms with E-state index >= 15 is 0 Å². The van der Waals surface area contributed by atoms with E-state index in [9.17, 15) is 0 Å². The Kier molecular flexibility index (Phi) is 7.22. The SMILES string of the molecule is CC1(C)CCC(C)(C)c2cc(N(c3ccc4c(c3)C(C)(C)CCC4(C)C)c3cc4c(cc3-c3ccccc3)-c3ccccc3C43C4CC5CC(C4)C3C5)ccc21. The van der Waals surface area contributed by atoms with Gasteiger partial charge in [0, 0.05) is 22.4 Å². The van der Waals surface area contributed by atoms with E-state index in [1.54, 1.807) is 11.1 Å². The number of hydrogen-bond acceptors (Lipinski definition) is 1. The molecule has 1 heteroatoms. The maximum atomic E-state index is 2.74. The van der Waals surface area contributed by atoms with Crippen LogP contribution in [-0.4, -0.2) is 0 Å². The van der Waals surface area contributed by atoms with Crippen LogP contribution in [0.2, 0.25) is 0 Å². The highest BCUT2D eigenvalue weighted by Crippen LogP contribution is 2.73.